The molecule has 1 heterocycles. The maximum Gasteiger partial charge on any atom is 0.251 e. The number of anilines is 1. The van der Waals surface area contributed by atoms with Gasteiger partial charge in [0, 0.05) is 23.7 Å². The normalized spacial score (nSPS) is 12.2. The van der Waals surface area contributed by atoms with Crippen LogP contribution in [0.4, 0.5) is 5.69 Å². The Morgan fingerprint density at radius 3 is 2.60 bits per heavy atom. The van der Waals surface area contributed by atoms with E-state index in [9.17, 15) is 4.79 Å². The van der Waals surface area contributed by atoms with Crippen molar-refractivity contribution in [3.05, 3.63) is 41.5 Å². The quantitative estimate of drug-likeness (QED) is 0.644. The molecule has 0 aliphatic carbocycles. The largest absolute Gasteiger partial charge is 0.394 e. The van der Waals surface area contributed by atoms with E-state index in [1.165, 1.54) is 0 Å². The highest BCUT2D eigenvalue weighted by molar-refractivity contribution is 5.94. The Morgan fingerprint density at radius 1 is 1.24 bits per heavy atom. The molecule has 7 heteroatoms. The summed E-state index contributed by atoms with van der Waals surface area (Å²) in [7, 11) is 0. The molecule has 0 radical (unpaired) electrons. The van der Waals surface area contributed by atoms with Gasteiger partial charge in [0.1, 0.15) is 0 Å². The fourth-order valence-electron chi connectivity index (χ4n) is 2.15. The zero-order valence-electron chi connectivity index (χ0n) is 15.0. The standard InChI is InChI=1S/C18H26N4O3/c1-12(2)4-9-16-21-17(25-22-16)10-19-15-7-5-14(6-8-15)18(24)20-13(3)11-23/h5-8,12-13,19,23H,4,9-11H2,1-3H3,(H,20,24). The topological polar surface area (TPSA) is 100 Å². The molecular weight excluding hydrogens is 320 g/mol. The third kappa shape index (κ3) is 6.19. The number of carbonyl (C=O) groups excluding carboxylic acids is 1. The van der Waals surface area contributed by atoms with Crippen LogP contribution in [-0.2, 0) is 13.0 Å². The van der Waals surface area contributed by atoms with Crippen LogP contribution in [0.5, 0.6) is 0 Å². The van der Waals surface area contributed by atoms with Crippen LogP contribution >= 0.6 is 0 Å². The molecule has 0 saturated carbocycles. The molecule has 1 aromatic carbocycles. The van der Waals surface area contributed by atoms with Gasteiger partial charge in [-0.25, -0.2) is 0 Å². The predicted molar refractivity (Wildman–Crippen MR) is 95.2 cm³/mol. The van der Waals surface area contributed by atoms with Gasteiger partial charge in [-0.1, -0.05) is 19.0 Å². The van der Waals surface area contributed by atoms with Crippen LogP contribution in [0.1, 0.15) is 49.3 Å². The van der Waals surface area contributed by atoms with Crippen molar-refractivity contribution >= 4 is 11.6 Å². The van der Waals surface area contributed by atoms with E-state index in [2.05, 4.69) is 34.6 Å². The first kappa shape index (κ1) is 18.9. The molecule has 25 heavy (non-hydrogen) atoms. The highest BCUT2D eigenvalue weighted by Crippen LogP contribution is 2.12. The molecule has 1 unspecified atom stereocenters. The monoisotopic (exact) mass is 346 g/mol. The fraction of sp³-hybridized carbons (Fsp3) is 0.500. The van der Waals surface area contributed by atoms with Crippen LogP contribution in [0.25, 0.3) is 0 Å². The average molecular weight is 346 g/mol. The van der Waals surface area contributed by atoms with Gasteiger partial charge in [-0.15, -0.1) is 0 Å². The summed E-state index contributed by atoms with van der Waals surface area (Å²) in [6.45, 7) is 6.41. The second kappa shape index (κ2) is 9.17. The SMILES string of the molecule is CC(C)CCc1noc(CNc2ccc(C(=O)NC(C)CO)cc2)n1. The highest BCUT2D eigenvalue weighted by Gasteiger charge is 2.10. The molecule has 0 aliphatic heterocycles. The Bertz CT molecular complexity index is 667. The van der Waals surface area contributed by atoms with Crippen molar-refractivity contribution < 1.29 is 14.4 Å². The van der Waals surface area contributed by atoms with Gasteiger partial charge in [0.2, 0.25) is 5.89 Å². The van der Waals surface area contributed by atoms with Crippen LogP contribution in [0.2, 0.25) is 0 Å². The van der Waals surface area contributed by atoms with E-state index in [0.29, 0.717) is 23.9 Å². The molecule has 2 rings (SSSR count). The number of benzene rings is 1. The van der Waals surface area contributed by atoms with E-state index in [-0.39, 0.29) is 18.6 Å². The average Bonchev–Trinajstić information content (AvgIpc) is 3.06. The smallest absolute Gasteiger partial charge is 0.251 e. The lowest BCUT2D eigenvalue weighted by molar-refractivity contribution is 0.0922. The minimum absolute atomic E-state index is 0.0886. The molecule has 0 fully saturated rings. The number of nitrogens with one attached hydrogen (secondary N) is 2. The third-order valence-corrected chi connectivity index (χ3v) is 3.70. The molecule has 136 valence electrons. The van der Waals surface area contributed by atoms with Crippen LogP contribution in [0.15, 0.2) is 28.8 Å². The minimum atomic E-state index is -0.271. The number of hydrogen-bond donors (Lipinski definition) is 3. The second-order valence-corrected chi connectivity index (χ2v) is 6.52. The Kier molecular flexibility index (Phi) is 6.94. The van der Waals surface area contributed by atoms with Gasteiger partial charge in [-0.05, 0) is 43.5 Å². The van der Waals surface area contributed by atoms with Crippen molar-refractivity contribution in [1.82, 2.24) is 15.5 Å². The molecule has 1 amide bonds. The molecule has 0 saturated heterocycles. The zero-order valence-corrected chi connectivity index (χ0v) is 15.0. The first-order valence-corrected chi connectivity index (χ1v) is 8.55. The zero-order chi connectivity index (χ0) is 18.2. The predicted octanol–water partition coefficient (Wildman–Crippen LogP) is 2.38. The molecule has 2 aromatic rings. The summed E-state index contributed by atoms with van der Waals surface area (Å²) in [5.41, 5.74) is 1.40. The van der Waals surface area contributed by atoms with Gasteiger partial charge < -0.3 is 20.3 Å². The molecule has 1 atom stereocenters. The van der Waals surface area contributed by atoms with Gasteiger partial charge in [0.05, 0.1) is 13.2 Å². The summed E-state index contributed by atoms with van der Waals surface area (Å²) in [6, 6.07) is 6.81. The first-order valence-electron chi connectivity index (χ1n) is 8.55. The highest BCUT2D eigenvalue weighted by atomic mass is 16.5. The summed E-state index contributed by atoms with van der Waals surface area (Å²) < 4.78 is 5.23. The summed E-state index contributed by atoms with van der Waals surface area (Å²) in [5, 5.41) is 18.8. The lowest BCUT2D eigenvalue weighted by atomic mass is 10.1. The van der Waals surface area contributed by atoms with Gasteiger partial charge in [0.15, 0.2) is 5.82 Å². The molecule has 0 spiro atoms. The molecule has 0 aliphatic rings. The molecule has 1 aromatic heterocycles. The van der Waals surface area contributed by atoms with Crippen LogP contribution < -0.4 is 10.6 Å². The number of aryl methyl sites for hydroxylation is 1. The number of nitrogens with zero attached hydrogens (tertiary/aromatic N) is 2. The van der Waals surface area contributed by atoms with Crippen molar-refractivity contribution in [3.8, 4) is 0 Å². The van der Waals surface area contributed by atoms with Crippen molar-refractivity contribution in [2.45, 2.75) is 46.2 Å². The van der Waals surface area contributed by atoms with Crippen LogP contribution in [-0.4, -0.2) is 33.8 Å². The first-order chi connectivity index (χ1) is 12.0. The third-order valence-electron chi connectivity index (χ3n) is 3.70. The number of carbonyl (C=O) groups is 1. The molecular formula is C18H26N4O3. The number of aliphatic hydroxyl groups is 1. The van der Waals surface area contributed by atoms with Gasteiger partial charge in [0.25, 0.3) is 5.91 Å². The van der Waals surface area contributed by atoms with E-state index < -0.39 is 0 Å². The maximum atomic E-state index is 11.9. The van der Waals surface area contributed by atoms with Crippen molar-refractivity contribution in [3.63, 3.8) is 0 Å². The lowest BCUT2D eigenvalue weighted by Crippen LogP contribution is -2.34. The molecule has 3 N–H and O–H groups in total. The molecule has 0 bridgehead atoms. The fourth-order valence-corrected chi connectivity index (χ4v) is 2.15. The van der Waals surface area contributed by atoms with Gasteiger partial charge >= 0.3 is 0 Å². The minimum Gasteiger partial charge on any atom is -0.394 e. The van der Waals surface area contributed by atoms with E-state index >= 15 is 0 Å². The van der Waals surface area contributed by atoms with E-state index in [1.54, 1.807) is 19.1 Å². The lowest BCUT2D eigenvalue weighted by Gasteiger charge is -2.11. The van der Waals surface area contributed by atoms with Crippen LogP contribution in [0, 0.1) is 5.92 Å². The summed E-state index contributed by atoms with van der Waals surface area (Å²) in [4.78, 5) is 16.3. The molecule has 7 nitrogen and oxygen atoms in total. The number of hydrogen-bond acceptors (Lipinski definition) is 6. The number of aromatic nitrogens is 2. The Labute approximate surface area is 147 Å². The van der Waals surface area contributed by atoms with E-state index in [4.69, 9.17) is 9.63 Å². The van der Waals surface area contributed by atoms with Crippen molar-refractivity contribution in [1.29, 1.82) is 0 Å². The Morgan fingerprint density at radius 2 is 1.96 bits per heavy atom. The number of rotatable bonds is 9. The van der Waals surface area contributed by atoms with Crippen LogP contribution in [0.3, 0.4) is 0 Å². The van der Waals surface area contributed by atoms with E-state index in [1.807, 2.05) is 12.1 Å². The summed E-state index contributed by atoms with van der Waals surface area (Å²) in [5.74, 6) is 1.67. The number of amides is 1. The van der Waals surface area contributed by atoms with E-state index in [0.717, 1.165) is 24.4 Å². The number of aliphatic hydroxyl groups excluding tert-OH is 1. The second-order valence-electron chi connectivity index (χ2n) is 6.52. The Balaban J connectivity index is 1.84. The van der Waals surface area contributed by atoms with Gasteiger partial charge in [-0.2, -0.15) is 4.98 Å². The van der Waals surface area contributed by atoms with Gasteiger partial charge in [-0.3, -0.25) is 4.79 Å². The van der Waals surface area contributed by atoms with Crippen molar-refractivity contribution in [2.24, 2.45) is 5.92 Å². The Hall–Kier alpha value is -2.41. The maximum absolute atomic E-state index is 11.9. The van der Waals surface area contributed by atoms with Crippen molar-refractivity contribution in [2.75, 3.05) is 11.9 Å². The summed E-state index contributed by atoms with van der Waals surface area (Å²) in [6.07, 6.45) is 1.85. The summed E-state index contributed by atoms with van der Waals surface area (Å²) >= 11 is 0.